The maximum absolute atomic E-state index is 11.3. The molecule has 0 unspecified atom stereocenters. The van der Waals surface area contributed by atoms with Crippen molar-refractivity contribution >= 4 is 27.4 Å². The van der Waals surface area contributed by atoms with E-state index in [0.717, 1.165) is 12.1 Å². The van der Waals surface area contributed by atoms with Crippen molar-refractivity contribution in [3.05, 3.63) is 51.0 Å². The molecule has 0 aliphatic heterocycles. The van der Waals surface area contributed by atoms with Gasteiger partial charge in [-0.2, -0.15) is 0 Å². The van der Waals surface area contributed by atoms with Gasteiger partial charge in [-0.3, -0.25) is 4.79 Å². The van der Waals surface area contributed by atoms with Gasteiger partial charge in [0.15, 0.2) is 5.82 Å². The standard InChI is InChI=1S/C12H12BrN3O/c1-2-8-3-5-9(6-4-8)16-11-10(13)12(17)15-7-14-11/h3-7H,2H2,1H3,(H2,14,15,16,17). The molecule has 1 heterocycles. The Morgan fingerprint density at radius 2 is 2.06 bits per heavy atom. The summed E-state index contributed by atoms with van der Waals surface area (Å²) >= 11 is 3.20. The minimum atomic E-state index is -0.201. The molecule has 88 valence electrons. The quantitative estimate of drug-likeness (QED) is 0.915. The van der Waals surface area contributed by atoms with E-state index in [9.17, 15) is 4.79 Å². The van der Waals surface area contributed by atoms with E-state index < -0.39 is 0 Å². The number of benzene rings is 1. The predicted molar refractivity (Wildman–Crippen MR) is 71.7 cm³/mol. The second kappa shape index (κ2) is 5.14. The maximum Gasteiger partial charge on any atom is 0.267 e. The normalized spacial score (nSPS) is 10.2. The van der Waals surface area contributed by atoms with Gasteiger partial charge in [0.2, 0.25) is 0 Å². The number of aromatic nitrogens is 2. The molecule has 2 rings (SSSR count). The number of H-pyrrole nitrogens is 1. The minimum Gasteiger partial charge on any atom is -0.339 e. The third-order valence-electron chi connectivity index (χ3n) is 2.42. The second-order valence-corrected chi connectivity index (χ2v) is 4.36. The van der Waals surface area contributed by atoms with E-state index in [0.29, 0.717) is 10.3 Å². The van der Waals surface area contributed by atoms with Gasteiger partial charge in [0.05, 0.1) is 6.33 Å². The fourth-order valence-electron chi connectivity index (χ4n) is 1.43. The summed E-state index contributed by atoms with van der Waals surface area (Å²) in [4.78, 5) is 17.9. The lowest BCUT2D eigenvalue weighted by Crippen LogP contribution is -2.09. The molecule has 2 aromatic rings. The van der Waals surface area contributed by atoms with Crippen molar-refractivity contribution in [3.63, 3.8) is 0 Å². The molecule has 0 aliphatic rings. The number of hydrogen-bond acceptors (Lipinski definition) is 3. The van der Waals surface area contributed by atoms with Gasteiger partial charge in [-0.1, -0.05) is 19.1 Å². The summed E-state index contributed by atoms with van der Waals surface area (Å²) in [5.41, 5.74) is 1.97. The fourth-order valence-corrected chi connectivity index (χ4v) is 1.75. The number of nitrogens with zero attached hydrogens (tertiary/aromatic N) is 1. The molecule has 0 bridgehead atoms. The molecule has 0 saturated heterocycles. The number of halogens is 1. The van der Waals surface area contributed by atoms with Gasteiger partial charge in [-0.25, -0.2) is 4.98 Å². The van der Waals surface area contributed by atoms with Crippen molar-refractivity contribution < 1.29 is 0 Å². The third-order valence-corrected chi connectivity index (χ3v) is 3.16. The minimum absolute atomic E-state index is 0.201. The molecule has 0 saturated carbocycles. The molecule has 4 nitrogen and oxygen atoms in total. The Kier molecular flexibility index (Phi) is 3.58. The largest absolute Gasteiger partial charge is 0.339 e. The topological polar surface area (TPSA) is 57.8 Å². The fraction of sp³-hybridized carbons (Fsp3) is 0.167. The summed E-state index contributed by atoms with van der Waals surface area (Å²) in [6, 6.07) is 8.02. The van der Waals surface area contributed by atoms with Crippen molar-refractivity contribution in [3.8, 4) is 0 Å². The zero-order valence-electron chi connectivity index (χ0n) is 9.33. The van der Waals surface area contributed by atoms with Crippen LogP contribution in [-0.4, -0.2) is 9.97 Å². The first-order chi connectivity index (χ1) is 8.20. The van der Waals surface area contributed by atoms with Crippen LogP contribution in [0.15, 0.2) is 39.9 Å². The van der Waals surface area contributed by atoms with Gasteiger partial charge in [0.1, 0.15) is 4.47 Å². The van der Waals surface area contributed by atoms with Crippen LogP contribution in [0.4, 0.5) is 11.5 Å². The van der Waals surface area contributed by atoms with E-state index in [4.69, 9.17) is 0 Å². The number of hydrogen-bond donors (Lipinski definition) is 2. The Morgan fingerprint density at radius 3 is 2.71 bits per heavy atom. The van der Waals surface area contributed by atoms with Crippen LogP contribution in [0.5, 0.6) is 0 Å². The summed E-state index contributed by atoms with van der Waals surface area (Å²) < 4.78 is 0.402. The Labute approximate surface area is 107 Å². The molecule has 0 spiro atoms. The van der Waals surface area contributed by atoms with Crippen molar-refractivity contribution in [2.24, 2.45) is 0 Å². The van der Waals surface area contributed by atoms with Gasteiger partial charge in [-0.15, -0.1) is 0 Å². The summed E-state index contributed by atoms with van der Waals surface area (Å²) in [7, 11) is 0. The van der Waals surface area contributed by atoms with Crippen LogP contribution < -0.4 is 10.9 Å². The summed E-state index contributed by atoms with van der Waals surface area (Å²) in [5, 5.41) is 3.09. The molecule has 0 atom stereocenters. The maximum atomic E-state index is 11.3. The number of nitrogens with one attached hydrogen (secondary N) is 2. The molecular formula is C12H12BrN3O. The van der Waals surface area contributed by atoms with Crippen LogP contribution >= 0.6 is 15.9 Å². The second-order valence-electron chi connectivity index (χ2n) is 3.57. The van der Waals surface area contributed by atoms with Crippen LogP contribution in [-0.2, 0) is 6.42 Å². The van der Waals surface area contributed by atoms with E-state index in [1.165, 1.54) is 11.9 Å². The van der Waals surface area contributed by atoms with E-state index in [-0.39, 0.29) is 5.56 Å². The molecule has 2 N–H and O–H groups in total. The lowest BCUT2D eigenvalue weighted by molar-refractivity contribution is 1.10. The molecule has 17 heavy (non-hydrogen) atoms. The van der Waals surface area contributed by atoms with Gasteiger partial charge in [0, 0.05) is 5.69 Å². The number of aromatic amines is 1. The van der Waals surface area contributed by atoms with Crippen LogP contribution in [0.3, 0.4) is 0 Å². The molecular weight excluding hydrogens is 282 g/mol. The molecule has 0 radical (unpaired) electrons. The summed E-state index contributed by atoms with van der Waals surface area (Å²) in [5.74, 6) is 0.512. The van der Waals surface area contributed by atoms with Crippen LogP contribution in [0.2, 0.25) is 0 Å². The predicted octanol–water partition coefficient (Wildman–Crippen LogP) is 2.84. The van der Waals surface area contributed by atoms with Gasteiger partial charge < -0.3 is 10.3 Å². The zero-order valence-corrected chi connectivity index (χ0v) is 10.9. The Bertz CT molecular complexity index is 563. The highest BCUT2D eigenvalue weighted by Crippen LogP contribution is 2.19. The molecule has 0 amide bonds. The van der Waals surface area contributed by atoms with E-state index in [2.05, 4.69) is 38.1 Å². The van der Waals surface area contributed by atoms with Gasteiger partial charge in [-0.05, 0) is 40.0 Å². The lowest BCUT2D eigenvalue weighted by atomic mass is 10.1. The van der Waals surface area contributed by atoms with Gasteiger partial charge in [0.25, 0.3) is 5.56 Å². The first-order valence-corrected chi connectivity index (χ1v) is 6.09. The Balaban J connectivity index is 2.25. The van der Waals surface area contributed by atoms with E-state index in [1.807, 2.05) is 24.3 Å². The SMILES string of the molecule is CCc1ccc(Nc2nc[nH]c(=O)c2Br)cc1. The number of rotatable bonds is 3. The van der Waals surface area contributed by atoms with E-state index >= 15 is 0 Å². The van der Waals surface area contributed by atoms with E-state index in [1.54, 1.807) is 0 Å². The first kappa shape index (κ1) is 11.9. The smallest absolute Gasteiger partial charge is 0.267 e. The molecule has 5 heteroatoms. The Morgan fingerprint density at radius 1 is 1.35 bits per heavy atom. The van der Waals surface area contributed by atoms with Crippen molar-refractivity contribution in [2.75, 3.05) is 5.32 Å². The molecule has 0 fully saturated rings. The molecule has 1 aromatic heterocycles. The molecule has 1 aromatic carbocycles. The highest BCUT2D eigenvalue weighted by atomic mass is 79.9. The lowest BCUT2D eigenvalue weighted by Gasteiger charge is -2.07. The highest BCUT2D eigenvalue weighted by molar-refractivity contribution is 9.10. The summed E-state index contributed by atoms with van der Waals surface area (Å²) in [6.07, 6.45) is 2.38. The number of anilines is 2. The van der Waals surface area contributed by atoms with Crippen molar-refractivity contribution in [2.45, 2.75) is 13.3 Å². The highest BCUT2D eigenvalue weighted by Gasteiger charge is 2.04. The number of aryl methyl sites for hydroxylation is 1. The summed E-state index contributed by atoms with van der Waals surface area (Å²) in [6.45, 7) is 2.11. The van der Waals surface area contributed by atoms with Gasteiger partial charge >= 0.3 is 0 Å². The van der Waals surface area contributed by atoms with Crippen LogP contribution in [0.25, 0.3) is 0 Å². The third kappa shape index (κ3) is 2.74. The first-order valence-electron chi connectivity index (χ1n) is 5.30. The average Bonchev–Trinajstić information content (AvgIpc) is 2.36. The zero-order chi connectivity index (χ0) is 12.3. The van der Waals surface area contributed by atoms with Crippen molar-refractivity contribution in [1.29, 1.82) is 0 Å². The average molecular weight is 294 g/mol. The molecule has 0 aliphatic carbocycles. The van der Waals surface area contributed by atoms with Crippen LogP contribution in [0.1, 0.15) is 12.5 Å². The monoisotopic (exact) mass is 293 g/mol. The van der Waals surface area contributed by atoms with Crippen molar-refractivity contribution in [1.82, 2.24) is 9.97 Å². The van der Waals surface area contributed by atoms with Crippen LogP contribution in [0, 0.1) is 0 Å². The Hall–Kier alpha value is -1.62.